The van der Waals surface area contributed by atoms with E-state index in [9.17, 15) is 27.6 Å². The molecule has 1 heterocycles. The standard InChI is InChI=1S/C21H20F4N4OS/c22-15-4-6-17(7-5-15)29(14-21(23,24)25)18(19(30)28-20(13-26)8-9-20)12-31-11-16-3-1-2-10-27-16/h1-7,10,18H,8-9,11-12,14H2,(H,28,30)/t18-/m0/s1. The van der Waals surface area contributed by atoms with E-state index in [1.807, 2.05) is 6.07 Å². The highest BCUT2D eigenvalue weighted by Crippen LogP contribution is 2.35. The van der Waals surface area contributed by atoms with E-state index < -0.39 is 36.0 Å². The van der Waals surface area contributed by atoms with Crippen LogP contribution in [0.25, 0.3) is 0 Å². The highest BCUT2D eigenvalue weighted by Gasteiger charge is 2.47. The molecule has 1 atom stereocenters. The first kappa shape index (κ1) is 22.9. The monoisotopic (exact) mass is 452 g/mol. The molecule has 1 aliphatic carbocycles. The number of nitriles is 1. The van der Waals surface area contributed by atoms with Gasteiger partial charge in [-0.3, -0.25) is 9.78 Å². The lowest BCUT2D eigenvalue weighted by Gasteiger charge is -2.34. The van der Waals surface area contributed by atoms with Crippen molar-refractivity contribution in [2.45, 2.75) is 36.4 Å². The van der Waals surface area contributed by atoms with Gasteiger partial charge in [-0.25, -0.2) is 4.39 Å². The molecule has 0 bridgehead atoms. The number of hydrogen-bond acceptors (Lipinski definition) is 5. The van der Waals surface area contributed by atoms with Crippen LogP contribution < -0.4 is 10.2 Å². The SMILES string of the molecule is N#CC1(NC(=O)[C@H](CSCc2ccccn2)N(CC(F)(F)F)c2ccc(F)cc2)CC1. The van der Waals surface area contributed by atoms with Crippen molar-refractivity contribution in [3.63, 3.8) is 0 Å². The normalized spacial score (nSPS) is 15.6. The number of carbonyl (C=O) groups excluding carboxylic acids is 1. The summed E-state index contributed by atoms with van der Waals surface area (Å²) in [5, 5.41) is 11.9. The first-order valence-corrected chi connectivity index (χ1v) is 10.7. The molecule has 0 aliphatic heterocycles. The minimum atomic E-state index is -4.59. The molecule has 0 unspecified atom stereocenters. The average Bonchev–Trinajstić information content (AvgIpc) is 3.50. The van der Waals surface area contributed by atoms with Crippen molar-refractivity contribution in [3.8, 4) is 6.07 Å². The first-order valence-electron chi connectivity index (χ1n) is 9.51. The van der Waals surface area contributed by atoms with Crippen molar-refractivity contribution in [2.24, 2.45) is 0 Å². The number of benzene rings is 1. The van der Waals surface area contributed by atoms with Crippen molar-refractivity contribution in [1.29, 1.82) is 5.26 Å². The molecule has 164 valence electrons. The van der Waals surface area contributed by atoms with Gasteiger partial charge in [0.25, 0.3) is 0 Å². The van der Waals surface area contributed by atoms with Gasteiger partial charge in [-0.1, -0.05) is 6.07 Å². The predicted octanol–water partition coefficient (Wildman–Crippen LogP) is 4.06. The van der Waals surface area contributed by atoms with Crippen LogP contribution in [0.2, 0.25) is 0 Å². The van der Waals surface area contributed by atoms with E-state index in [1.54, 1.807) is 24.4 Å². The summed E-state index contributed by atoms with van der Waals surface area (Å²) in [7, 11) is 0. The molecule has 3 rings (SSSR count). The second-order valence-electron chi connectivity index (χ2n) is 7.25. The Labute approximate surface area is 181 Å². The quantitative estimate of drug-likeness (QED) is 0.581. The average molecular weight is 452 g/mol. The van der Waals surface area contributed by atoms with Crippen LogP contribution in [0, 0.1) is 17.1 Å². The summed E-state index contributed by atoms with van der Waals surface area (Å²) >= 11 is 1.26. The van der Waals surface area contributed by atoms with Crippen LogP contribution in [-0.2, 0) is 10.5 Å². The van der Waals surface area contributed by atoms with Gasteiger partial charge < -0.3 is 10.2 Å². The molecule has 1 fully saturated rings. The van der Waals surface area contributed by atoms with Crippen LogP contribution >= 0.6 is 11.8 Å². The van der Waals surface area contributed by atoms with Gasteiger partial charge in [-0.15, -0.1) is 0 Å². The molecule has 5 nitrogen and oxygen atoms in total. The molecule has 10 heteroatoms. The largest absolute Gasteiger partial charge is 0.405 e. The molecule has 2 aromatic rings. The highest BCUT2D eigenvalue weighted by atomic mass is 32.2. The molecule has 1 aromatic heterocycles. The van der Waals surface area contributed by atoms with Crippen molar-refractivity contribution >= 4 is 23.4 Å². The van der Waals surface area contributed by atoms with Gasteiger partial charge in [-0.05, 0) is 49.2 Å². The third kappa shape index (κ3) is 6.59. The summed E-state index contributed by atoms with van der Waals surface area (Å²) in [5.74, 6) is -0.835. The smallest absolute Gasteiger partial charge is 0.350 e. The minimum Gasteiger partial charge on any atom is -0.350 e. The Kier molecular flexibility index (Phi) is 7.05. The predicted molar refractivity (Wildman–Crippen MR) is 110 cm³/mol. The van der Waals surface area contributed by atoms with Gasteiger partial charge in [-0.2, -0.15) is 30.2 Å². The Hall–Kier alpha value is -2.80. The maximum atomic E-state index is 13.4. The third-order valence-corrected chi connectivity index (χ3v) is 5.82. The fourth-order valence-corrected chi connectivity index (χ4v) is 4.03. The lowest BCUT2D eigenvalue weighted by atomic mass is 10.1. The second kappa shape index (κ2) is 9.56. The summed E-state index contributed by atoms with van der Waals surface area (Å²) in [5.41, 5.74) is -0.223. The fraction of sp³-hybridized carbons (Fsp3) is 0.381. The third-order valence-electron chi connectivity index (χ3n) is 4.77. The van der Waals surface area contributed by atoms with E-state index >= 15 is 0 Å². The molecule has 0 radical (unpaired) electrons. The number of anilines is 1. The van der Waals surface area contributed by atoms with Crippen LogP contribution in [-0.4, -0.2) is 40.9 Å². The zero-order valence-corrected chi connectivity index (χ0v) is 17.2. The Morgan fingerprint density at radius 2 is 1.97 bits per heavy atom. The zero-order chi connectivity index (χ0) is 22.5. The van der Waals surface area contributed by atoms with Crippen molar-refractivity contribution in [2.75, 3.05) is 17.2 Å². The van der Waals surface area contributed by atoms with Crippen LogP contribution in [0.4, 0.5) is 23.2 Å². The molecule has 0 saturated heterocycles. The molecule has 31 heavy (non-hydrogen) atoms. The van der Waals surface area contributed by atoms with E-state index in [1.165, 1.54) is 23.9 Å². The van der Waals surface area contributed by atoms with Crippen molar-refractivity contribution < 1.29 is 22.4 Å². The maximum Gasteiger partial charge on any atom is 0.405 e. The highest BCUT2D eigenvalue weighted by molar-refractivity contribution is 7.98. The minimum absolute atomic E-state index is 0.0252. The van der Waals surface area contributed by atoms with E-state index in [4.69, 9.17) is 0 Å². The van der Waals surface area contributed by atoms with Crippen molar-refractivity contribution in [1.82, 2.24) is 10.3 Å². The van der Waals surface area contributed by atoms with Gasteiger partial charge in [0.1, 0.15) is 23.9 Å². The number of carbonyl (C=O) groups is 1. The fourth-order valence-electron chi connectivity index (χ4n) is 2.98. The lowest BCUT2D eigenvalue weighted by molar-refractivity contribution is -0.127. The number of hydrogen-bond donors (Lipinski definition) is 1. The number of pyridine rings is 1. The van der Waals surface area contributed by atoms with E-state index in [-0.39, 0.29) is 11.4 Å². The van der Waals surface area contributed by atoms with Crippen LogP contribution in [0.5, 0.6) is 0 Å². The molecular weight excluding hydrogens is 432 g/mol. The summed E-state index contributed by atoms with van der Waals surface area (Å²) in [4.78, 5) is 18.1. The lowest BCUT2D eigenvalue weighted by Crippen LogP contribution is -2.54. The maximum absolute atomic E-state index is 13.4. The molecule has 1 amide bonds. The van der Waals surface area contributed by atoms with Crippen LogP contribution in [0.3, 0.4) is 0 Å². The van der Waals surface area contributed by atoms with Crippen molar-refractivity contribution in [3.05, 3.63) is 60.2 Å². The number of halogens is 4. The number of nitrogens with zero attached hydrogens (tertiary/aromatic N) is 3. The summed E-state index contributed by atoms with van der Waals surface area (Å²) in [6.45, 7) is -1.39. The molecular formula is C21H20F4N4OS. The number of nitrogens with one attached hydrogen (secondary N) is 1. The molecule has 0 spiro atoms. The Morgan fingerprint density at radius 1 is 1.26 bits per heavy atom. The van der Waals surface area contributed by atoms with E-state index in [0.717, 1.165) is 22.7 Å². The van der Waals surface area contributed by atoms with Crippen LogP contribution in [0.15, 0.2) is 48.7 Å². The molecule has 1 N–H and O–H groups in total. The summed E-state index contributed by atoms with van der Waals surface area (Å²) < 4.78 is 53.5. The van der Waals surface area contributed by atoms with Crippen LogP contribution in [0.1, 0.15) is 18.5 Å². The topological polar surface area (TPSA) is 69.0 Å². The van der Waals surface area contributed by atoms with Gasteiger partial charge in [0.2, 0.25) is 5.91 Å². The first-order chi connectivity index (χ1) is 14.7. The summed E-state index contributed by atoms with van der Waals surface area (Å²) in [6.07, 6.45) is -2.07. The number of rotatable bonds is 9. The number of aromatic nitrogens is 1. The second-order valence-corrected chi connectivity index (χ2v) is 8.28. The van der Waals surface area contributed by atoms with E-state index in [2.05, 4.69) is 10.3 Å². The van der Waals surface area contributed by atoms with Gasteiger partial charge in [0, 0.05) is 23.4 Å². The van der Waals surface area contributed by atoms with Gasteiger partial charge in [0.15, 0.2) is 0 Å². The number of thioether (sulfide) groups is 1. The van der Waals surface area contributed by atoms with Gasteiger partial charge in [0.05, 0.1) is 11.8 Å². The zero-order valence-electron chi connectivity index (χ0n) is 16.4. The Morgan fingerprint density at radius 3 is 2.52 bits per heavy atom. The number of amides is 1. The van der Waals surface area contributed by atoms with Gasteiger partial charge >= 0.3 is 6.18 Å². The van der Waals surface area contributed by atoms with E-state index in [0.29, 0.717) is 18.6 Å². The Bertz CT molecular complexity index is 927. The number of alkyl halides is 3. The summed E-state index contributed by atoms with van der Waals surface area (Å²) in [6, 6.07) is 10.6. The molecule has 1 saturated carbocycles. The Balaban J connectivity index is 1.84. The molecule has 1 aliphatic rings. The molecule has 1 aromatic carbocycles.